The summed E-state index contributed by atoms with van der Waals surface area (Å²) in [7, 11) is -1.63. The van der Waals surface area contributed by atoms with Gasteiger partial charge in [-0.1, -0.05) is 48.0 Å². The third kappa shape index (κ3) is 6.69. The van der Waals surface area contributed by atoms with Crippen molar-refractivity contribution >= 4 is 21.6 Å². The summed E-state index contributed by atoms with van der Waals surface area (Å²) in [6.07, 6.45) is 0. The number of hydrogen-bond donors (Lipinski definition) is 2. The van der Waals surface area contributed by atoms with E-state index in [0.29, 0.717) is 11.3 Å². The van der Waals surface area contributed by atoms with Gasteiger partial charge in [0, 0.05) is 44.0 Å². The molecule has 0 aliphatic carbocycles. The second-order valence-electron chi connectivity index (χ2n) is 9.04. The number of rotatable bonds is 8. The maximum atomic E-state index is 13.1. The number of hydrogen-bond acceptors (Lipinski definition) is 5. The van der Waals surface area contributed by atoms with Gasteiger partial charge in [-0.25, -0.2) is 8.42 Å². The van der Waals surface area contributed by atoms with Crippen LogP contribution in [0.5, 0.6) is 0 Å². The Morgan fingerprint density at radius 1 is 0.886 bits per heavy atom. The smallest absolute Gasteiger partial charge is 0.261 e. The fourth-order valence-electron chi connectivity index (χ4n) is 4.07. The first-order valence-electron chi connectivity index (χ1n) is 11.8. The van der Waals surface area contributed by atoms with Crippen molar-refractivity contribution in [3.63, 3.8) is 0 Å². The van der Waals surface area contributed by atoms with Crippen LogP contribution < -0.4 is 10.0 Å². The molecule has 184 valence electrons. The number of amides is 1. The van der Waals surface area contributed by atoms with Gasteiger partial charge in [-0.2, -0.15) is 0 Å². The highest BCUT2D eigenvalue weighted by molar-refractivity contribution is 7.92. The summed E-state index contributed by atoms with van der Waals surface area (Å²) in [6, 6.07) is 22.9. The van der Waals surface area contributed by atoms with Crippen molar-refractivity contribution in [1.82, 2.24) is 15.1 Å². The lowest BCUT2D eigenvalue weighted by atomic mass is 10.0. The molecule has 1 aliphatic heterocycles. The zero-order chi connectivity index (χ0) is 24.8. The molecular formula is C27H32N4O3S. The van der Waals surface area contributed by atoms with Gasteiger partial charge in [0.25, 0.3) is 15.9 Å². The third-order valence-corrected chi connectivity index (χ3v) is 7.67. The molecule has 7 nitrogen and oxygen atoms in total. The molecule has 0 saturated carbocycles. The van der Waals surface area contributed by atoms with Crippen molar-refractivity contribution in [3.05, 3.63) is 95.6 Å². The molecule has 0 radical (unpaired) electrons. The number of sulfonamides is 1. The van der Waals surface area contributed by atoms with E-state index >= 15 is 0 Å². The average Bonchev–Trinajstić information content (AvgIpc) is 2.87. The van der Waals surface area contributed by atoms with E-state index in [-0.39, 0.29) is 16.8 Å². The van der Waals surface area contributed by atoms with Gasteiger partial charge in [-0.15, -0.1) is 0 Å². The summed E-state index contributed by atoms with van der Waals surface area (Å²) in [4.78, 5) is 17.9. The number of anilines is 1. The minimum absolute atomic E-state index is 0.103. The van der Waals surface area contributed by atoms with Crippen LogP contribution in [0, 0.1) is 6.92 Å². The Bertz CT molecular complexity index is 1220. The fraction of sp³-hybridized carbons (Fsp3) is 0.296. The number of carbonyl (C=O) groups excluding carboxylic acids is 1. The lowest BCUT2D eigenvalue weighted by molar-refractivity contribution is 0.0907. The molecule has 0 aromatic heterocycles. The van der Waals surface area contributed by atoms with Crippen LogP contribution in [0.15, 0.2) is 83.8 Å². The molecule has 1 heterocycles. The average molecular weight is 493 g/mol. The molecule has 1 atom stereocenters. The number of nitrogens with one attached hydrogen (secondary N) is 2. The molecule has 0 spiro atoms. The van der Waals surface area contributed by atoms with Gasteiger partial charge in [0.2, 0.25) is 0 Å². The van der Waals surface area contributed by atoms with Gasteiger partial charge in [0.1, 0.15) is 0 Å². The second kappa shape index (κ2) is 11.0. The van der Waals surface area contributed by atoms with E-state index in [9.17, 15) is 13.2 Å². The fourth-order valence-corrected chi connectivity index (χ4v) is 5.13. The van der Waals surface area contributed by atoms with Crippen molar-refractivity contribution in [3.8, 4) is 0 Å². The Balaban J connectivity index is 1.45. The van der Waals surface area contributed by atoms with Crippen molar-refractivity contribution in [2.45, 2.75) is 17.9 Å². The maximum Gasteiger partial charge on any atom is 0.261 e. The monoisotopic (exact) mass is 492 g/mol. The zero-order valence-corrected chi connectivity index (χ0v) is 21.0. The molecule has 1 aliphatic rings. The molecule has 1 unspecified atom stereocenters. The van der Waals surface area contributed by atoms with Gasteiger partial charge in [0.15, 0.2) is 0 Å². The number of likely N-dealkylation sites (N-methyl/N-ethyl adjacent to an activating group) is 1. The first-order chi connectivity index (χ1) is 16.8. The number of aryl methyl sites for hydroxylation is 1. The summed E-state index contributed by atoms with van der Waals surface area (Å²) >= 11 is 0. The lowest BCUT2D eigenvalue weighted by Gasteiger charge is -2.35. The zero-order valence-electron chi connectivity index (χ0n) is 20.1. The minimum atomic E-state index is -3.75. The van der Waals surface area contributed by atoms with Gasteiger partial charge < -0.3 is 10.2 Å². The summed E-state index contributed by atoms with van der Waals surface area (Å²) in [6.45, 7) is 6.57. The Morgan fingerprint density at radius 2 is 1.51 bits per heavy atom. The molecule has 4 rings (SSSR count). The van der Waals surface area contributed by atoms with E-state index in [1.54, 1.807) is 24.3 Å². The van der Waals surface area contributed by atoms with Crippen LogP contribution in [-0.2, 0) is 10.0 Å². The molecule has 3 aromatic carbocycles. The molecule has 1 amide bonds. The molecule has 1 fully saturated rings. The summed E-state index contributed by atoms with van der Waals surface area (Å²) in [5, 5.41) is 3.15. The molecular weight excluding hydrogens is 460 g/mol. The van der Waals surface area contributed by atoms with Crippen molar-refractivity contribution in [2.24, 2.45) is 0 Å². The van der Waals surface area contributed by atoms with Crippen LogP contribution in [-0.4, -0.2) is 63.9 Å². The van der Waals surface area contributed by atoms with Crippen LogP contribution in [0.3, 0.4) is 0 Å². The van der Waals surface area contributed by atoms with E-state index in [2.05, 4.69) is 26.9 Å². The normalized spacial score (nSPS) is 15.9. The molecule has 35 heavy (non-hydrogen) atoms. The quantitative estimate of drug-likeness (QED) is 0.503. The highest BCUT2D eigenvalue weighted by Gasteiger charge is 2.22. The Morgan fingerprint density at radius 3 is 2.14 bits per heavy atom. The molecule has 1 saturated heterocycles. The molecule has 3 aromatic rings. The first kappa shape index (κ1) is 24.9. The van der Waals surface area contributed by atoms with Crippen LogP contribution >= 0.6 is 0 Å². The lowest BCUT2D eigenvalue weighted by Crippen LogP contribution is -2.47. The van der Waals surface area contributed by atoms with Gasteiger partial charge >= 0.3 is 0 Å². The second-order valence-corrected chi connectivity index (χ2v) is 10.7. The standard InChI is InChI=1S/C27H32N4O3S/c1-21-8-12-24(13-9-21)29-35(33,34)25-14-10-23(11-15-25)27(32)28-26(22-6-4-3-5-7-22)20-31-18-16-30(2)17-19-31/h3-15,26,29H,16-20H2,1-2H3,(H,28,32). The Labute approximate surface area is 207 Å². The third-order valence-electron chi connectivity index (χ3n) is 6.27. The minimum Gasteiger partial charge on any atom is -0.344 e. The van der Waals surface area contributed by atoms with Crippen LogP contribution in [0.1, 0.15) is 27.5 Å². The Hall–Kier alpha value is -3.20. The van der Waals surface area contributed by atoms with E-state index < -0.39 is 10.0 Å². The van der Waals surface area contributed by atoms with E-state index in [1.165, 1.54) is 12.1 Å². The molecule has 2 N–H and O–H groups in total. The van der Waals surface area contributed by atoms with E-state index in [1.807, 2.05) is 49.4 Å². The van der Waals surface area contributed by atoms with E-state index in [0.717, 1.165) is 43.9 Å². The number of nitrogens with zero attached hydrogens (tertiary/aromatic N) is 2. The number of benzene rings is 3. The number of carbonyl (C=O) groups is 1. The largest absolute Gasteiger partial charge is 0.344 e. The van der Waals surface area contributed by atoms with Crippen LogP contribution in [0.25, 0.3) is 0 Å². The molecule has 0 bridgehead atoms. The van der Waals surface area contributed by atoms with E-state index in [4.69, 9.17) is 0 Å². The SMILES string of the molecule is Cc1ccc(NS(=O)(=O)c2ccc(C(=O)NC(CN3CCN(C)CC3)c3ccccc3)cc2)cc1. The van der Waals surface area contributed by atoms with Gasteiger partial charge in [0.05, 0.1) is 10.9 Å². The first-order valence-corrected chi connectivity index (χ1v) is 13.2. The van der Waals surface area contributed by atoms with Crippen molar-refractivity contribution in [1.29, 1.82) is 0 Å². The predicted molar refractivity (Wildman–Crippen MR) is 139 cm³/mol. The maximum absolute atomic E-state index is 13.1. The van der Waals surface area contributed by atoms with Gasteiger partial charge in [-0.3, -0.25) is 14.4 Å². The number of piperazine rings is 1. The summed E-state index contributed by atoms with van der Waals surface area (Å²) in [5.74, 6) is -0.233. The predicted octanol–water partition coefficient (Wildman–Crippen LogP) is 3.51. The summed E-state index contributed by atoms with van der Waals surface area (Å²) < 4.78 is 28.1. The van der Waals surface area contributed by atoms with Crippen LogP contribution in [0.4, 0.5) is 5.69 Å². The summed E-state index contributed by atoms with van der Waals surface area (Å²) in [5.41, 5.74) is 3.00. The van der Waals surface area contributed by atoms with Crippen molar-refractivity contribution < 1.29 is 13.2 Å². The topological polar surface area (TPSA) is 81.7 Å². The highest BCUT2D eigenvalue weighted by Crippen LogP contribution is 2.19. The Kier molecular flexibility index (Phi) is 7.85. The highest BCUT2D eigenvalue weighted by atomic mass is 32.2. The van der Waals surface area contributed by atoms with Crippen LogP contribution in [0.2, 0.25) is 0 Å². The van der Waals surface area contributed by atoms with Crippen molar-refractivity contribution in [2.75, 3.05) is 44.5 Å². The molecule has 8 heteroatoms. The van der Waals surface area contributed by atoms with Gasteiger partial charge in [-0.05, 0) is 55.9 Å².